The van der Waals surface area contributed by atoms with Crippen molar-refractivity contribution < 1.29 is 42.2 Å². The number of aromatic nitrogens is 1. The Labute approximate surface area is 212 Å². The summed E-state index contributed by atoms with van der Waals surface area (Å²) >= 11 is 0. The molecule has 0 fully saturated rings. The van der Waals surface area contributed by atoms with Crippen LogP contribution < -0.4 is 10.1 Å². The van der Waals surface area contributed by atoms with Crippen molar-refractivity contribution in [3.8, 4) is 5.75 Å². The minimum absolute atomic E-state index is 0.0852. The number of aliphatic hydroxyl groups excluding tert-OH is 1. The number of carbonyl (C=O) groups is 4. The molecule has 0 saturated heterocycles. The molecule has 0 aliphatic rings. The molecule has 1 heterocycles. The summed E-state index contributed by atoms with van der Waals surface area (Å²) in [5, 5.41) is 12.2. The minimum Gasteiger partial charge on any atom is -0.497 e. The number of nitrogens with one attached hydrogen (secondary N) is 1. The summed E-state index contributed by atoms with van der Waals surface area (Å²) in [6.07, 6.45) is -4.91. The second-order valence-electron chi connectivity index (χ2n) is 8.82. The molecule has 0 saturated carbocycles. The van der Waals surface area contributed by atoms with Gasteiger partial charge in [-0.1, -0.05) is 32.0 Å². The van der Waals surface area contributed by atoms with Crippen molar-refractivity contribution >= 4 is 23.3 Å². The van der Waals surface area contributed by atoms with E-state index < -0.39 is 72.7 Å². The highest BCUT2D eigenvalue weighted by atomic mass is 19.4. The lowest BCUT2D eigenvalue weighted by Crippen LogP contribution is -2.42. The molecule has 200 valence electrons. The number of aliphatic hydroxyl groups is 1. The summed E-state index contributed by atoms with van der Waals surface area (Å²) in [4.78, 5) is 54.6. The molecule has 3 atom stereocenters. The first kappa shape index (κ1) is 29.6. The number of alkyl halides is 3. The first-order valence-electron chi connectivity index (χ1n) is 11.5. The van der Waals surface area contributed by atoms with Crippen molar-refractivity contribution in [3.63, 3.8) is 0 Å². The molecule has 11 heteroatoms. The van der Waals surface area contributed by atoms with Crippen molar-refractivity contribution in [2.45, 2.75) is 38.9 Å². The average molecular weight is 523 g/mol. The number of ether oxygens (including phenoxy) is 1. The number of pyridine rings is 1. The maximum atomic E-state index is 13.2. The van der Waals surface area contributed by atoms with E-state index in [-0.39, 0.29) is 11.3 Å². The lowest BCUT2D eigenvalue weighted by atomic mass is 9.84. The highest BCUT2D eigenvalue weighted by Gasteiger charge is 2.45. The van der Waals surface area contributed by atoms with E-state index in [1.807, 2.05) is 0 Å². The zero-order valence-electron chi connectivity index (χ0n) is 20.6. The van der Waals surface area contributed by atoms with E-state index in [0.717, 1.165) is 0 Å². The Morgan fingerprint density at radius 1 is 1.03 bits per heavy atom. The van der Waals surface area contributed by atoms with Gasteiger partial charge in [0, 0.05) is 25.0 Å². The summed E-state index contributed by atoms with van der Waals surface area (Å²) in [6.45, 7) is 2.07. The van der Waals surface area contributed by atoms with Crippen LogP contribution in [0.2, 0.25) is 0 Å². The molecule has 1 aromatic carbocycles. The molecule has 0 bridgehead atoms. The highest BCUT2D eigenvalue weighted by Crippen LogP contribution is 2.30. The number of Topliss-reactive ketones (excluding diaryl/α,β-unsaturated/α-hetero) is 3. The van der Waals surface area contributed by atoms with Gasteiger partial charge < -0.3 is 15.2 Å². The quantitative estimate of drug-likeness (QED) is 0.386. The van der Waals surface area contributed by atoms with Crippen molar-refractivity contribution in [1.82, 2.24) is 10.3 Å². The number of methoxy groups -OCH3 is 1. The number of carbonyl (C=O) groups excluding carboxylic acids is 4. The van der Waals surface area contributed by atoms with E-state index in [0.29, 0.717) is 5.75 Å². The first-order valence-corrected chi connectivity index (χ1v) is 11.5. The number of amides is 1. The standard InChI is InChI=1S/C26H29F3N2O6/c1-15(2)19(24(35)26(27,28)29)13-22(34)23(16-7-9-18(37-3)10-8-16)31-25(36)17(14-32)12-21(33)20-6-4-5-11-30-20/h4-11,15,17,19,23,32H,12-14H2,1-3H3,(H,31,36)/t17-,19-,23-/m0/s1. The zero-order chi connectivity index (χ0) is 27.8. The Morgan fingerprint density at radius 2 is 1.68 bits per heavy atom. The third-order valence-electron chi connectivity index (χ3n) is 5.87. The molecule has 1 amide bonds. The van der Waals surface area contributed by atoms with Gasteiger partial charge in [0.25, 0.3) is 0 Å². The predicted octanol–water partition coefficient (Wildman–Crippen LogP) is 3.49. The van der Waals surface area contributed by atoms with E-state index >= 15 is 0 Å². The molecule has 8 nitrogen and oxygen atoms in total. The van der Waals surface area contributed by atoms with Gasteiger partial charge >= 0.3 is 6.18 Å². The molecule has 2 N–H and O–H groups in total. The summed E-state index contributed by atoms with van der Waals surface area (Å²) in [7, 11) is 1.42. The van der Waals surface area contributed by atoms with Crippen LogP contribution in [0.4, 0.5) is 13.2 Å². The lowest BCUT2D eigenvalue weighted by molar-refractivity contribution is -0.177. The number of hydrogen-bond acceptors (Lipinski definition) is 7. The summed E-state index contributed by atoms with van der Waals surface area (Å²) in [5.74, 6) is -7.49. The Kier molecular flexibility index (Phi) is 10.5. The van der Waals surface area contributed by atoms with Gasteiger partial charge in [-0.2, -0.15) is 13.2 Å². The molecule has 37 heavy (non-hydrogen) atoms. The third kappa shape index (κ3) is 8.21. The third-order valence-corrected chi connectivity index (χ3v) is 5.87. The van der Waals surface area contributed by atoms with Crippen molar-refractivity contribution in [3.05, 3.63) is 59.9 Å². The van der Waals surface area contributed by atoms with E-state index in [1.165, 1.54) is 57.5 Å². The summed E-state index contributed by atoms with van der Waals surface area (Å²) in [6, 6.07) is 9.09. The fourth-order valence-electron chi connectivity index (χ4n) is 3.68. The molecule has 0 unspecified atom stereocenters. The van der Waals surface area contributed by atoms with Gasteiger partial charge in [0.05, 0.1) is 19.6 Å². The number of ketones is 3. The molecular formula is C26H29F3N2O6. The first-order chi connectivity index (χ1) is 17.4. The Hall–Kier alpha value is -3.60. The van der Waals surface area contributed by atoms with Crippen LogP contribution in [-0.2, 0) is 14.4 Å². The van der Waals surface area contributed by atoms with Gasteiger partial charge in [-0.3, -0.25) is 24.2 Å². The lowest BCUT2D eigenvalue weighted by Gasteiger charge is -2.25. The molecular weight excluding hydrogens is 493 g/mol. The summed E-state index contributed by atoms with van der Waals surface area (Å²) in [5.41, 5.74) is 0.316. The topological polar surface area (TPSA) is 123 Å². The molecule has 0 aliphatic heterocycles. The zero-order valence-corrected chi connectivity index (χ0v) is 20.6. The second-order valence-corrected chi connectivity index (χ2v) is 8.82. The van der Waals surface area contributed by atoms with E-state index in [2.05, 4.69) is 10.3 Å². The van der Waals surface area contributed by atoms with Gasteiger partial charge in [-0.05, 0) is 35.7 Å². The van der Waals surface area contributed by atoms with Gasteiger partial charge in [0.1, 0.15) is 17.5 Å². The number of rotatable bonds is 13. The van der Waals surface area contributed by atoms with Crippen LogP contribution in [0.1, 0.15) is 48.8 Å². The normalized spacial score (nSPS) is 13.9. The van der Waals surface area contributed by atoms with E-state index in [4.69, 9.17) is 4.74 Å². The van der Waals surface area contributed by atoms with Crippen LogP contribution >= 0.6 is 0 Å². The second kappa shape index (κ2) is 13.1. The van der Waals surface area contributed by atoms with Crippen molar-refractivity contribution in [2.75, 3.05) is 13.7 Å². The monoisotopic (exact) mass is 522 g/mol. The van der Waals surface area contributed by atoms with Crippen molar-refractivity contribution in [1.29, 1.82) is 0 Å². The van der Waals surface area contributed by atoms with Gasteiger partial charge in [-0.25, -0.2) is 0 Å². The van der Waals surface area contributed by atoms with Crippen LogP contribution in [0.3, 0.4) is 0 Å². The van der Waals surface area contributed by atoms with E-state index in [9.17, 15) is 37.5 Å². The van der Waals surface area contributed by atoms with Crippen molar-refractivity contribution in [2.24, 2.45) is 17.8 Å². The smallest absolute Gasteiger partial charge is 0.450 e. The van der Waals surface area contributed by atoms with Gasteiger partial charge in [0.15, 0.2) is 11.6 Å². The Morgan fingerprint density at radius 3 is 2.16 bits per heavy atom. The van der Waals surface area contributed by atoms with Gasteiger partial charge in [0.2, 0.25) is 11.7 Å². The fraction of sp³-hybridized carbons (Fsp3) is 0.423. The SMILES string of the molecule is COc1ccc([C@H](NC(=O)[C@H](CO)CC(=O)c2ccccn2)C(=O)C[C@H](C(=O)C(F)(F)F)C(C)C)cc1. The van der Waals surface area contributed by atoms with Crippen LogP contribution in [0, 0.1) is 17.8 Å². The molecule has 1 aromatic heterocycles. The van der Waals surface area contributed by atoms with Gasteiger partial charge in [-0.15, -0.1) is 0 Å². The number of hydrogen-bond donors (Lipinski definition) is 2. The molecule has 0 spiro atoms. The molecule has 0 radical (unpaired) electrons. The number of benzene rings is 1. The van der Waals surface area contributed by atoms with Crippen LogP contribution in [-0.4, -0.2) is 53.2 Å². The summed E-state index contributed by atoms with van der Waals surface area (Å²) < 4.78 is 44.5. The Bertz CT molecular complexity index is 1090. The van der Waals surface area contributed by atoms with E-state index in [1.54, 1.807) is 12.1 Å². The molecule has 2 rings (SSSR count). The van der Waals surface area contributed by atoms with Crippen LogP contribution in [0.5, 0.6) is 5.75 Å². The molecule has 2 aromatic rings. The molecule has 0 aliphatic carbocycles. The average Bonchev–Trinajstić information content (AvgIpc) is 2.88. The maximum Gasteiger partial charge on any atom is 0.450 e. The predicted molar refractivity (Wildman–Crippen MR) is 127 cm³/mol. The Balaban J connectivity index is 2.31. The number of halogens is 3. The minimum atomic E-state index is -5.12. The van der Waals surface area contributed by atoms with Crippen LogP contribution in [0.25, 0.3) is 0 Å². The maximum absolute atomic E-state index is 13.2. The number of nitrogens with zero attached hydrogens (tertiary/aromatic N) is 1. The largest absolute Gasteiger partial charge is 0.497 e. The fourth-order valence-corrected chi connectivity index (χ4v) is 3.68. The van der Waals surface area contributed by atoms with Crippen LogP contribution in [0.15, 0.2) is 48.7 Å². The highest BCUT2D eigenvalue weighted by molar-refractivity contribution is 5.99.